The minimum atomic E-state index is -0.894. The van der Waals surface area contributed by atoms with E-state index >= 15 is 0 Å². The molecule has 1 aromatic heterocycles. The third-order valence-electron chi connectivity index (χ3n) is 6.69. The van der Waals surface area contributed by atoms with Gasteiger partial charge in [-0.2, -0.15) is 0 Å². The molecule has 0 N–H and O–H groups in total. The van der Waals surface area contributed by atoms with E-state index in [1.807, 2.05) is 41.6 Å². The van der Waals surface area contributed by atoms with Crippen LogP contribution in [0.5, 0.6) is 5.75 Å². The van der Waals surface area contributed by atoms with Gasteiger partial charge in [0.2, 0.25) is 5.79 Å². The summed E-state index contributed by atoms with van der Waals surface area (Å²) < 4.78 is 14.7. The normalized spacial score (nSPS) is 20.6. The first-order valence-electron chi connectivity index (χ1n) is 10.5. The minimum absolute atomic E-state index is 0.0858. The maximum absolute atomic E-state index is 13.2. The summed E-state index contributed by atoms with van der Waals surface area (Å²) in [6.45, 7) is 5.68. The Balaban J connectivity index is 1.72. The van der Waals surface area contributed by atoms with Crippen molar-refractivity contribution in [1.29, 1.82) is 0 Å². The van der Waals surface area contributed by atoms with Crippen molar-refractivity contribution in [2.45, 2.75) is 38.9 Å². The number of likely N-dealkylation sites (tertiary alicyclic amines) is 1. The number of aryl methyl sites for hydroxylation is 3. The van der Waals surface area contributed by atoms with Crippen molar-refractivity contribution in [3.63, 3.8) is 0 Å². The lowest BCUT2D eigenvalue weighted by Gasteiger charge is -2.39. The predicted molar refractivity (Wildman–Crippen MR) is 115 cm³/mol. The molecule has 1 unspecified atom stereocenters. The number of aromatic nitrogens is 2. The van der Waals surface area contributed by atoms with Crippen molar-refractivity contribution in [2.24, 2.45) is 7.05 Å². The van der Waals surface area contributed by atoms with E-state index in [1.165, 1.54) is 0 Å². The van der Waals surface area contributed by atoms with Gasteiger partial charge in [0.05, 0.1) is 5.52 Å². The van der Waals surface area contributed by atoms with Crippen molar-refractivity contribution in [3.05, 3.63) is 58.4 Å². The van der Waals surface area contributed by atoms with Crippen LogP contribution in [-0.4, -0.2) is 40.6 Å². The van der Waals surface area contributed by atoms with E-state index in [9.17, 15) is 4.79 Å². The van der Waals surface area contributed by atoms with Crippen molar-refractivity contribution in [2.75, 3.05) is 20.2 Å². The van der Waals surface area contributed by atoms with Gasteiger partial charge >= 0.3 is 0 Å². The van der Waals surface area contributed by atoms with E-state index in [1.54, 1.807) is 7.11 Å². The SMILES string of the molecule is COC1(c2ccccc2C)CCc2c(C(=O)N3CCC3)cc3c(nc(C)n3C)c2O1. The van der Waals surface area contributed by atoms with Crippen LogP contribution in [0.2, 0.25) is 0 Å². The number of carbonyl (C=O) groups is 1. The molecule has 2 aliphatic heterocycles. The van der Waals surface area contributed by atoms with Crippen molar-refractivity contribution >= 4 is 16.9 Å². The van der Waals surface area contributed by atoms with E-state index in [0.29, 0.717) is 18.6 Å². The molecule has 6 nitrogen and oxygen atoms in total. The van der Waals surface area contributed by atoms with Crippen molar-refractivity contribution in [1.82, 2.24) is 14.5 Å². The average molecular weight is 405 g/mol. The van der Waals surface area contributed by atoms with E-state index in [4.69, 9.17) is 14.5 Å². The smallest absolute Gasteiger partial charge is 0.254 e. The summed E-state index contributed by atoms with van der Waals surface area (Å²) >= 11 is 0. The number of benzene rings is 2. The van der Waals surface area contributed by atoms with Gasteiger partial charge in [-0.15, -0.1) is 0 Å². The van der Waals surface area contributed by atoms with E-state index in [2.05, 4.69) is 19.1 Å². The number of fused-ring (bicyclic) bond motifs is 3. The van der Waals surface area contributed by atoms with Gasteiger partial charge in [0, 0.05) is 50.4 Å². The maximum Gasteiger partial charge on any atom is 0.254 e. The molecule has 3 heterocycles. The summed E-state index contributed by atoms with van der Waals surface area (Å²) in [6, 6.07) is 10.1. The number of nitrogens with zero attached hydrogens (tertiary/aromatic N) is 3. The lowest BCUT2D eigenvalue weighted by atomic mass is 9.88. The molecule has 3 aromatic rings. The van der Waals surface area contributed by atoms with Gasteiger partial charge in [-0.1, -0.05) is 24.3 Å². The van der Waals surface area contributed by atoms with Gasteiger partial charge in [-0.3, -0.25) is 4.79 Å². The van der Waals surface area contributed by atoms with E-state index < -0.39 is 5.79 Å². The fourth-order valence-corrected chi connectivity index (χ4v) is 4.64. The van der Waals surface area contributed by atoms with Gasteiger partial charge in [0.25, 0.3) is 5.91 Å². The summed E-state index contributed by atoms with van der Waals surface area (Å²) in [5, 5.41) is 0. The van der Waals surface area contributed by atoms with Gasteiger partial charge < -0.3 is 18.9 Å². The largest absolute Gasteiger partial charge is 0.455 e. The minimum Gasteiger partial charge on any atom is -0.455 e. The Kier molecular flexibility index (Phi) is 4.36. The number of imidazole rings is 1. The summed E-state index contributed by atoms with van der Waals surface area (Å²) in [5.74, 6) is 0.752. The molecule has 156 valence electrons. The van der Waals surface area contributed by atoms with Crippen LogP contribution in [0, 0.1) is 13.8 Å². The number of hydrogen-bond donors (Lipinski definition) is 0. The molecule has 0 spiro atoms. The molecule has 2 aromatic carbocycles. The van der Waals surface area contributed by atoms with Crippen LogP contribution >= 0.6 is 0 Å². The first-order valence-corrected chi connectivity index (χ1v) is 10.5. The van der Waals surface area contributed by atoms with E-state index in [-0.39, 0.29) is 5.91 Å². The summed E-state index contributed by atoms with van der Waals surface area (Å²) in [5.41, 5.74) is 5.50. The number of methoxy groups -OCH3 is 1. The number of hydrogen-bond acceptors (Lipinski definition) is 4. The molecular formula is C24H27N3O3. The number of rotatable bonds is 3. The number of carbonyl (C=O) groups excluding carboxylic acids is 1. The van der Waals surface area contributed by atoms with E-state index in [0.717, 1.165) is 58.6 Å². The first kappa shape index (κ1) is 19.1. The zero-order valence-electron chi connectivity index (χ0n) is 18.0. The molecule has 1 atom stereocenters. The highest BCUT2D eigenvalue weighted by molar-refractivity contribution is 6.02. The quantitative estimate of drug-likeness (QED) is 0.664. The Hall–Kier alpha value is -2.86. The highest BCUT2D eigenvalue weighted by atomic mass is 16.7. The van der Waals surface area contributed by atoms with Crippen LogP contribution in [0.15, 0.2) is 30.3 Å². The summed E-state index contributed by atoms with van der Waals surface area (Å²) in [6.07, 6.45) is 2.40. The second kappa shape index (κ2) is 6.84. The zero-order valence-corrected chi connectivity index (χ0v) is 18.0. The van der Waals surface area contributed by atoms with Gasteiger partial charge in [-0.05, 0) is 38.3 Å². The van der Waals surface area contributed by atoms with Crippen molar-refractivity contribution in [3.8, 4) is 5.75 Å². The molecule has 0 radical (unpaired) electrons. The average Bonchev–Trinajstić information content (AvgIpc) is 3.00. The maximum atomic E-state index is 13.2. The molecule has 1 amide bonds. The third kappa shape index (κ3) is 2.67. The summed E-state index contributed by atoms with van der Waals surface area (Å²) in [7, 11) is 3.66. The highest BCUT2D eigenvalue weighted by Gasteiger charge is 2.42. The Labute approximate surface area is 176 Å². The molecule has 2 aliphatic rings. The second-order valence-corrected chi connectivity index (χ2v) is 8.34. The van der Waals surface area contributed by atoms with Crippen LogP contribution in [-0.2, 0) is 24.0 Å². The van der Waals surface area contributed by atoms with Crippen LogP contribution in [0.4, 0.5) is 0 Å². The molecule has 30 heavy (non-hydrogen) atoms. The van der Waals surface area contributed by atoms with Crippen LogP contribution < -0.4 is 4.74 Å². The Bertz CT molecular complexity index is 1160. The Morgan fingerprint density at radius 2 is 2.00 bits per heavy atom. The number of ether oxygens (including phenoxy) is 2. The first-order chi connectivity index (χ1) is 14.4. The fourth-order valence-electron chi connectivity index (χ4n) is 4.64. The molecule has 0 aliphatic carbocycles. The predicted octanol–water partition coefficient (Wildman–Crippen LogP) is 3.86. The van der Waals surface area contributed by atoms with Gasteiger partial charge in [0.15, 0.2) is 5.75 Å². The second-order valence-electron chi connectivity index (χ2n) is 8.34. The highest BCUT2D eigenvalue weighted by Crippen LogP contribution is 2.46. The topological polar surface area (TPSA) is 56.6 Å². The molecule has 0 bridgehead atoms. The molecule has 1 saturated heterocycles. The Morgan fingerprint density at radius 1 is 1.23 bits per heavy atom. The zero-order chi connectivity index (χ0) is 21.0. The molecule has 6 heteroatoms. The van der Waals surface area contributed by atoms with Crippen LogP contribution in [0.25, 0.3) is 11.0 Å². The third-order valence-corrected chi connectivity index (χ3v) is 6.69. The standard InChI is InChI=1S/C24H27N3O3/c1-15-8-5-6-9-19(15)24(29-4)11-10-17-18(23(28)27-12-7-13-27)14-20-21(22(17)30-24)25-16(2)26(20)3/h5-6,8-9,14H,7,10-13H2,1-4H3. The number of amides is 1. The lowest BCUT2D eigenvalue weighted by Crippen LogP contribution is -2.43. The van der Waals surface area contributed by atoms with Gasteiger partial charge in [0.1, 0.15) is 11.3 Å². The molecule has 5 rings (SSSR count). The fraction of sp³-hybridized carbons (Fsp3) is 0.417. The van der Waals surface area contributed by atoms with Gasteiger partial charge in [-0.25, -0.2) is 4.98 Å². The van der Waals surface area contributed by atoms with Crippen LogP contribution in [0.3, 0.4) is 0 Å². The van der Waals surface area contributed by atoms with Crippen LogP contribution in [0.1, 0.15) is 45.7 Å². The van der Waals surface area contributed by atoms with Crippen molar-refractivity contribution < 1.29 is 14.3 Å². The molecule has 1 fully saturated rings. The molecular weight excluding hydrogens is 378 g/mol. The Morgan fingerprint density at radius 3 is 2.67 bits per heavy atom. The monoisotopic (exact) mass is 405 g/mol. The summed E-state index contributed by atoms with van der Waals surface area (Å²) in [4.78, 5) is 19.9. The lowest BCUT2D eigenvalue weighted by molar-refractivity contribution is -0.183. The molecule has 0 saturated carbocycles.